The Labute approximate surface area is 81.1 Å². The Bertz CT molecular complexity index is 236. The highest BCUT2D eigenvalue weighted by Gasteiger charge is 2.03. The first-order chi connectivity index (χ1) is 5.72. The van der Waals surface area contributed by atoms with Crippen LogP contribution < -0.4 is 5.32 Å². The number of hydrogen-bond acceptors (Lipinski definition) is 5. The van der Waals surface area contributed by atoms with Gasteiger partial charge in [0.1, 0.15) is 5.82 Å². The average Bonchev–Trinajstić information content (AvgIpc) is 2.36. The number of nitrogens with one attached hydrogen (secondary N) is 1. The second-order valence-electron chi connectivity index (χ2n) is 2.65. The Morgan fingerprint density at radius 3 is 2.92 bits per heavy atom. The Morgan fingerprint density at radius 2 is 2.42 bits per heavy atom. The smallest absolute Gasteiger partial charge is 0.202 e. The zero-order valence-electron chi connectivity index (χ0n) is 7.50. The van der Waals surface area contributed by atoms with Crippen LogP contribution in [0.4, 0.5) is 5.13 Å². The van der Waals surface area contributed by atoms with Crippen LogP contribution in [0.2, 0.25) is 0 Å². The quantitative estimate of drug-likeness (QED) is 0.812. The first-order valence-electron chi connectivity index (χ1n) is 3.78. The van der Waals surface area contributed by atoms with E-state index in [0.29, 0.717) is 6.04 Å². The lowest BCUT2D eigenvalue weighted by Crippen LogP contribution is -2.17. The van der Waals surface area contributed by atoms with Crippen molar-refractivity contribution in [3.63, 3.8) is 0 Å². The van der Waals surface area contributed by atoms with Crippen molar-refractivity contribution in [3.8, 4) is 0 Å². The van der Waals surface area contributed by atoms with Gasteiger partial charge in [-0.05, 0) is 20.1 Å². The van der Waals surface area contributed by atoms with E-state index in [1.165, 1.54) is 11.5 Å². The number of aromatic nitrogens is 2. The molecule has 1 aromatic heterocycles. The Hall–Kier alpha value is -0.290. The summed E-state index contributed by atoms with van der Waals surface area (Å²) < 4.78 is 4.09. The van der Waals surface area contributed by atoms with Crippen molar-refractivity contribution in [2.45, 2.75) is 19.9 Å². The van der Waals surface area contributed by atoms with Crippen molar-refractivity contribution >= 4 is 28.4 Å². The molecule has 0 saturated heterocycles. The molecule has 0 bridgehead atoms. The molecule has 68 valence electrons. The molecule has 12 heavy (non-hydrogen) atoms. The van der Waals surface area contributed by atoms with Gasteiger partial charge in [0, 0.05) is 23.3 Å². The van der Waals surface area contributed by atoms with Crippen LogP contribution in [0.5, 0.6) is 0 Å². The molecule has 1 N–H and O–H groups in total. The molecule has 1 heterocycles. The largest absolute Gasteiger partial charge is 0.357 e. The highest BCUT2D eigenvalue weighted by molar-refractivity contribution is 7.98. The Morgan fingerprint density at radius 1 is 1.67 bits per heavy atom. The molecule has 1 rings (SSSR count). The van der Waals surface area contributed by atoms with E-state index in [0.717, 1.165) is 16.7 Å². The van der Waals surface area contributed by atoms with E-state index in [1.54, 1.807) is 0 Å². The van der Waals surface area contributed by atoms with Gasteiger partial charge in [0.15, 0.2) is 0 Å². The molecule has 0 radical (unpaired) electrons. The maximum Gasteiger partial charge on any atom is 0.202 e. The number of rotatable bonds is 4. The van der Waals surface area contributed by atoms with E-state index in [2.05, 4.69) is 27.9 Å². The van der Waals surface area contributed by atoms with Crippen molar-refractivity contribution < 1.29 is 0 Å². The van der Waals surface area contributed by atoms with E-state index in [1.807, 2.05) is 18.7 Å². The van der Waals surface area contributed by atoms with Gasteiger partial charge in [0.2, 0.25) is 5.13 Å². The van der Waals surface area contributed by atoms with Crippen molar-refractivity contribution in [1.82, 2.24) is 9.36 Å². The summed E-state index contributed by atoms with van der Waals surface area (Å²) in [6.07, 6.45) is 2.10. The molecule has 0 amide bonds. The monoisotopic (exact) mass is 203 g/mol. The van der Waals surface area contributed by atoms with Gasteiger partial charge < -0.3 is 5.32 Å². The molecule has 1 aromatic rings. The summed E-state index contributed by atoms with van der Waals surface area (Å²) in [4.78, 5) is 4.22. The van der Waals surface area contributed by atoms with Gasteiger partial charge in [-0.2, -0.15) is 16.1 Å². The SMILES string of the molecule is CSCC(C)Nc1nc(C)ns1. The number of aryl methyl sites for hydroxylation is 1. The molecule has 0 spiro atoms. The van der Waals surface area contributed by atoms with E-state index >= 15 is 0 Å². The van der Waals surface area contributed by atoms with Crippen LogP contribution in [0, 0.1) is 6.92 Å². The minimum absolute atomic E-state index is 0.465. The molecule has 1 atom stereocenters. The standard InChI is InChI=1S/C7H13N3S2/c1-5(4-11-3)8-7-9-6(2)10-12-7/h5H,4H2,1-3H3,(H,8,9,10). The lowest BCUT2D eigenvalue weighted by Gasteiger charge is -2.09. The van der Waals surface area contributed by atoms with Crippen LogP contribution in [0.3, 0.4) is 0 Å². The van der Waals surface area contributed by atoms with Gasteiger partial charge in [0.25, 0.3) is 0 Å². The van der Waals surface area contributed by atoms with Crippen LogP contribution in [0.15, 0.2) is 0 Å². The zero-order valence-corrected chi connectivity index (χ0v) is 9.13. The third kappa shape index (κ3) is 2.98. The van der Waals surface area contributed by atoms with E-state index in [-0.39, 0.29) is 0 Å². The van der Waals surface area contributed by atoms with E-state index in [9.17, 15) is 0 Å². The topological polar surface area (TPSA) is 37.8 Å². The molecule has 1 unspecified atom stereocenters. The summed E-state index contributed by atoms with van der Waals surface area (Å²) in [6.45, 7) is 4.05. The second-order valence-corrected chi connectivity index (χ2v) is 4.31. The predicted molar refractivity (Wildman–Crippen MR) is 56.1 cm³/mol. The van der Waals surface area contributed by atoms with Crippen molar-refractivity contribution in [3.05, 3.63) is 5.82 Å². The lowest BCUT2D eigenvalue weighted by atomic mass is 10.4. The molecule has 0 saturated carbocycles. The molecule has 5 heteroatoms. The number of hydrogen-bond donors (Lipinski definition) is 1. The molecular formula is C7H13N3S2. The fourth-order valence-corrected chi connectivity index (χ4v) is 2.13. The highest BCUT2D eigenvalue weighted by Crippen LogP contribution is 2.12. The molecule has 0 aliphatic heterocycles. The van der Waals surface area contributed by atoms with Gasteiger partial charge in [0.05, 0.1) is 0 Å². The lowest BCUT2D eigenvalue weighted by molar-refractivity contribution is 0.908. The maximum absolute atomic E-state index is 4.22. The number of anilines is 1. The van der Waals surface area contributed by atoms with Crippen LogP contribution in [-0.4, -0.2) is 27.4 Å². The number of nitrogens with zero attached hydrogens (tertiary/aromatic N) is 2. The van der Waals surface area contributed by atoms with Gasteiger partial charge in [-0.15, -0.1) is 0 Å². The zero-order chi connectivity index (χ0) is 8.97. The summed E-state index contributed by atoms with van der Waals surface area (Å²) in [5.74, 6) is 1.94. The van der Waals surface area contributed by atoms with Gasteiger partial charge in [-0.3, -0.25) is 0 Å². The van der Waals surface area contributed by atoms with Crippen LogP contribution in [-0.2, 0) is 0 Å². The van der Waals surface area contributed by atoms with Crippen LogP contribution >= 0.6 is 23.3 Å². The summed E-state index contributed by atoms with van der Waals surface area (Å²) in [6, 6.07) is 0.465. The fraction of sp³-hybridized carbons (Fsp3) is 0.714. The van der Waals surface area contributed by atoms with Gasteiger partial charge in [-0.25, -0.2) is 4.98 Å². The maximum atomic E-state index is 4.22. The molecule has 0 fully saturated rings. The van der Waals surface area contributed by atoms with Crippen LogP contribution in [0.1, 0.15) is 12.7 Å². The Kier molecular flexibility index (Phi) is 3.81. The van der Waals surface area contributed by atoms with Crippen molar-refractivity contribution in [1.29, 1.82) is 0 Å². The van der Waals surface area contributed by atoms with E-state index < -0.39 is 0 Å². The van der Waals surface area contributed by atoms with Crippen LogP contribution in [0.25, 0.3) is 0 Å². The fourth-order valence-electron chi connectivity index (χ4n) is 0.858. The summed E-state index contributed by atoms with van der Waals surface area (Å²) in [5.41, 5.74) is 0. The molecular weight excluding hydrogens is 190 g/mol. The third-order valence-corrected chi connectivity index (χ3v) is 2.89. The second kappa shape index (κ2) is 4.67. The molecule has 0 aliphatic rings. The van der Waals surface area contributed by atoms with E-state index in [4.69, 9.17) is 0 Å². The van der Waals surface area contributed by atoms with Gasteiger partial charge >= 0.3 is 0 Å². The minimum Gasteiger partial charge on any atom is -0.357 e. The highest BCUT2D eigenvalue weighted by atomic mass is 32.2. The average molecular weight is 203 g/mol. The minimum atomic E-state index is 0.465. The predicted octanol–water partition coefficient (Wildman–Crippen LogP) is 2.01. The third-order valence-electron chi connectivity index (χ3n) is 1.31. The first-order valence-corrected chi connectivity index (χ1v) is 5.95. The summed E-state index contributed by atoms with van der Waals surface area (Å²) in [5, 5.41) is 4.21. The van der Waals surface area contributed by atoms with Crippen molar-refractivity contribution in [2.75, 3.05) is 17.3 Å². The van der Waals surface area contributed by atoms with Gasteiger partial charge in [-0.1, -0.05) is 0 Å². The van der Waals surface area contributed by atoms with Crippen molar-refractivity contribution in [2.24, 2.45) is 0 Å². The molecule has 0 aliphatic carbocycles. The Balaban J connectivity index is 2.41. The summed E-state index contributed by atoms with van der Waals surface area (Å²) in [7, 11) is 0. The molecule has 0 aromatic carbocycles. The summed E-state index contributed by atoms with van der Waals surface area (Å²) >= 11 is 3.25. The number of thioether (sulfide) groups is 1. The normalized spacial score (nSPS) is 12.9. The first kappa shape index (κ1) is 9.80. The molecule has 3 nitrogen and oxygen atoms in total.